The number of rotatable bonds is 2. The van der Waals surface area contributed by atoms with Crippen LogP contribution < -0.4 is 0 Å². The Morgan fingerprint density at radius 1 is 1.31 bits per heavy atom. The molecule has 0 unspecified atom stereocenters. The van der Waals surface area contributed by atoms with E-state index in [9.17, 15) is 10.1 Å². The van der Waals surface area contributed by atoms with Crippen molar-refractivity contribution < 1.29 is 4.92 Å². The van der Waals surface area contributed by atoms with Crippen molar-refractivity contribution in [2.24, 2.45) is 5.11 Å². The second-order valence-electron chi connectivity index (χ2n) is 3.02. The molecule has 0 saturated carbocycles. The van der Waals surface area contributed by atoms with Gasteiger partial charge in [0.15, 0.2) is 0 Å². The molecule has 16 heavy (non-hydrogen) atoms. The van der Waals surface area contributed by atoms with Crippen molar-refractivity contribution in [1.29, 1.82) is 0 Å². The van der Waals surface area contributed by atoms with Crippen LogP contribution in [0.1, 0.15) is 11.1 Å². The molecule has 0 aliphatic carbocycles. The molecule has 8 heteroatoms. The van der Waals surface area contributed by atoms with E-state index in [0.29, 0.717) is 25.8 Å². The largest absolute Gasteiger partial charge is 0.287 e. The minimum atomic E-state index is -0.475. The van der Waals surface area contributed by atoms with Crippen LogP contribution in [0.4, 0.5) is 11.4 Å². The number of nitro benzene ring substituents is 1. The van der Waals surface area contributed by atoms with Crippen LogP contribution in [0, 0.1) is 24.0 Å². The van der Waals surface area contributed by atoms with Gasteiger partial charge in [0.1, 0.15) is 0 Å². The average molecular weight is 350 g/mol. The lowest BCUT2D eigenvalue weighted by Crippen LogP contribution is -1.96. The third kappa shape index (κ3) is 2.04. The van der Waals surface area contributed by atoms with E-state index in [1.54, 1.807) is 13.8 Å². The fourth-order valence-electron chi connectivity index (χ4n) is 1.27. The highest BCUT2D eigenvalue weighted by Gasteiger charge is 2.23. The van der Waals surface area contributed by atoms with Crippen molar-refractivity contribution in [2.75, 3.05) is 0 Å². The summed E-state index contributed by atoms with van der Waals surface area (Å²) in [6.07, 6.45) is 0. The molecule has 0 spiro atoms. The van der Waals surface area contributed by atoms with E-state index in [-0.39, 0.29) is 5.69 Å². The molecule has 1 aromatic carbocycles. The molecule has 0 amide bonds. The maximum atomic E-state index is 10.9. The lowest BCUT2D eigenvalue weighted by atomic mass is 10.1. The van der Waals surface area contributed by atoms with Gasteiger partial charge in [0.25, 0.3) is 5.69 Å². The SMILES string of the molecule is Cc1c(Br)c([N+](=O)[O-])c(C)c(Br)c1N=[N+]=[N-]. The van der Waals surface area contributed by atoms with E-state index in [2.05, 4.69) is 41.9 Å². The van der Waals surface area contributed by atoms with Crippen LogP contribution in [0.3, 0.4) is 0 Å². The minimum absolute atomic E-state index is 0.0266. The van der Waals surface area contributed by atoms with E-state index in [1.807, 2.05) is 0 Å². The van der Waals surface area contributed by atoms with Crippen LogP contribution in [0.25, 0.3) is 10.4 Å². The highest BCUT2D eigenvalue weighted by atomic mass is 79.9. The highest BCUT2D eigenvalue weighted by Crippen LogP contribution is 2.43. The predicted octanol–water partition coefficient (Wildman–Crippen LogP) is 4.68. The lowest BCUT2D eigenvalue weighted by Gasteiger charge is -2.09. The van der Waals surface area contributed by atoms with Crippen LogP contribution in [0.5, 0.6) is 0 Å². The van der Waals surface area contributed by atoms with Crippen molar-refractivity contribution in [1.82, 2.24) is 0 Å². The van der Waals surface area contributed by atoms with Gasteiger partial charge in [0, 0.05) is 14.9 Å². The summed E-state index contributed by atoms with van der Waals surface area (Å²) in [5, 5.41) is 14.4. The van der Waals surface area contributed by atoms with Gasteiger partial charge in [0.05, 0.1) is 15.1 Å². The Morgan fingerprint density at radius 2 is 1.88 bits per heavy atom. The first-order valence-electron chi connectivity index (χ1n) is 4.09. The van der Waals surface area contributed by atoms with Crippen molar-refractivity contribution in [3.8, 4) is 0 Å². The van der Waals surface area contributed by atoms with Gasteiger partial charge in [-0.15, -0.1) is 0 Å². The van der Waals surface area contributed by atoms with E-state index in [1.165, 1.54) is 0 Å². The van der Waals surface area contributed by atoms with Crippen LogP contribution in [-0.2, 0) is 0 Å². The Kier molecular flexibility index (Phi) is 3.90. The minimum Gasteiger partial charge on any atom is -0.258 e. The third-order valence-corrected chi connectivity index (χ3v) is 4.05. The molecule has 0 atom stereocenters. The molecule has 0 bridgehead atoms. The molecule has 0 saturated heterocycles. The Balaban J connectivity index is 3.76. The zero-order valence-electron chi connectivity index (χ0n) is 8.36. The molecule has 0 aliphatic heterocycles. The van der Waals surface area contributed by atoms with Gasteiger partial charge >= 0.3 is 0 Å². The maximum absolute atomic E-state index is 10.9. The van der Waals surface area contributed by atoms with Crippen LogP contribution in [0.2, 0.25) is 0 Å². The standard InChI is InChI=1S/C8H6Br2N4O2/c1-3-6(10)8(14(15)16)4(2)5(9)7(3)12-13-11/h1-2H3. The second kappa shape index (κ2) is 4.82. The summed E-state index contributed by atoms with van der Waals surface area (Å²) in [6.45, 7) is 3.23. The first-order valence-corrected chi connectivity index (χ1v) is 5.68. The fourth-order valence-corrected chi connectivity index (χ4v) is 2.47. The number of nitrogens with zero attached hydrogens (tertiary/aromatic N) is 4. The molecule has 0 N–H and O–H groups in total. The van der Waals surface area contributed by atoms with Gasteiger partial charge in [-0.2, -0.15) is 0 Å². The molecule has 6 nitrogen and oxygen atoms in total. The summed E-state index contributed by atoms with van der Waals surface area (Å²) in [5.74, 6) is 0. The van der Waals surface area contributed by atoms with Crippen molar-refractivity contribution in [3.63, 3.8) is 0 Å². The molecule has 1 aromatic rings. The van der Waals surface area contributed by atoms with Crippen molar-refractivity contribution in [2.45, 2.75) is 13.8 Å². The van der Waals surface area contributed by atoms with Gasteiger partial charge in [-0.05, 0) is 56.8 Å². The first kappa shape index (κ1) is 13.0. The van der Waals surface area contributed by atoms with Gasteiger partial charge < -0.3 is 0 Å². The Hall–Kier alpha value is -1.11. The molecule has 0 aromatic heterocycles. The van der Waals surface area contributed by atoms with Crippen LogP contribution in [0.15, 0.2) is 14.1 Å². The maximum Gasteiger partial charge on any atom is 0.287 e. The number of hydrogen-bond donors (Lipinski definition) is 0. The second-order valence-corrected chi connectivity index (χ2v) is 4.61. The zero-order valence-corrected chi connectivity index (χ0v) is 11.5. The Bertz CT molecular complexity index is 461. The smallest absolute Gasteiger partial charge is 0.258 e. The van der Waals surface area contributed by atoms with Crippen LogP contribution >= 0.6 is 31.9 Å². The molecular weight excluding hydrogens is 344 g/mol. The van der Waals surface area contributed by atoms with Crippen LogP contribution in [-0.4, -0.2) is 4.92 Å². The molecule has 1 rings (SSSR count). The highest BCUT2D eigenvalue weighted by molar-refractivity contribution is 9.11. The third-order valence-electron chi connectivity index (χ3n) is 2.11. The van der Waals surface area contributed by atoms with Crippen molar-refractivity contribution in [3.05, 3.63) is 40.6 Å². The molecule has 0 radical (unpaired) electrons. The summed E-state index contributed by atoms with van der Waals surface area (Å²) in [5.41, 5.74) is 9.70. The van der Waals surface area contributed by atoms with E-state index in [0.717, 1.165) is 0 Å². The first-order chi connectivity index (χ1) is 7.41. The number of benzene rings is 1. The quantitative estimate of drug-likeness (QED) is 0.255. The van der Waals surface area contributed by atoms with Gasteiger partial charge in [0.2, 0.25) is 0 Å². The fraction of sp³-hybridized carbons (Fsp3) is 0.250. The monoisotopic (exact) mass is 348 g/mol. The lowest BCUT2D eigenvalue weighted by molar-refractivity contribution is -0.386. The predicted molar refractivity (Wildman–Crippen MR) is 66.8 cm³/mol. The normalized spacial score (nSPS) is 9.75. The number of hydrogen-bond acceptors (Lipinski definition) is 3. The van der Waals surface area contributed by atoms with Gasteiger partial charge in [-0.1, -0.05) is 5.11 Å². The van der Waals surface area contributed by atoms with E-state index >= 15 is 0 Å². The van der Waals surface area contributed by atoms with Gasteiger partial charge in [-0.25, -0.2) is 0 Å². The molecular formula is C8H6Br2N4O2. The zero-order chi connectivity index (χ0) is 12.5. The van der Waals surface area contributed by atoms with E-state index < -0.39 is 4.92 Å². The topological polar surface area (TPSA) is 91.9 Å². The molecule has 0 aliphatic rings. The summed E-state index contributed by atoms with van der Waals surface area (Å²) >= 11 is 6.34. The summed E-state index contributed by atoms with van der Waals surface area (Å²) in [4.78, 5) is 13.1. The number of azide groups is 1. The molecule has 84 valence electrons. The molecule has 0 heterocycles. The number of halogens is 2. The van der Waals surface area contributed by atoms with Gasteiger partial charge in [-0.3, -0.25) is 10.1 Å². The number of nitro groups is 1. The van der Waals surface area contributed by atoms with Crippen molar-refractivity contribution >= 4 is 43.2 Å². The summed E-state index contributed by atoms with van der Waals surface area (Å²) in [6, 6.07) is 0. The average Bonchev–Trinajstić information content (AvgIpc) is 2.21. The molecule has 0 fully saturated rings. The Labute approximate surface area is 108 Å². The summed E-state index contributed by atoms with van der Waals surface area (Å²) in [7, 11) is 0. The Morgan fingerprint density at radius 3 is 2.31 bits per heavy atom. The summed E-state index contributed by atoms with van der Waals surface area (Å²) < 4.78 is 0.776. The van der Waals surface area contributed by atoms with E-state index in [4.69, 9.17) is 5.53 Å².